The molecule has 6 rings (SSSR count). The lowest BCUT2D eigenvalue weighted by Gasteiger charge is -2.51. The van der Waals surface area contributed by atoms with E-state index in [0.717, 1.165) is 18.9 Å². The maximum absolute atomic E-state index is 9.94. The standard InChI is InChI=1S/C27H46ClN7O3/c1-16-8-10-17(11-9-16)15-35-24(26(2,37-3)18-6-4-5-7-18)31-23-27(35,19-12-20(28)14-29-13-19)32-21(30-23)22-33-34-25(36)38-22/h13,16-20,22-25,31,33-34,36H,4-12,14-15H2,1-3H3,(H,30,32)/t16?,17?,19?,20?,22?,23-,24?,25?,26?,27?/m0/s1. The van der Waals surface area contributed by atoms with Crippen LogP contribution < -0.4 is 21.5 Å². The lowest BCUT2D eigenvalue weighted by atomic mass is 9.79. The largest absolute Gasteiger partial charge is 0.375 e. The Kier molecular flexibility index (Phi) is 7.80. The summed E-state index contributed by atoms with van der Waals surface area (Å²) in [5, 5.41) is 17.7. The molecular formula is C27H46ClN7O3. The van der Waals surface area contributed by atoms with Crippen LogP contribution in [-0.2, 0) is 9.47 Å². The molecule has 0 aromatic heterocycles. The molecule has 0 radical (unpaired) electrons. The highest BCUT2D eigenvalue weighted by molar-refractivity contribution is 6.21. The molecule has 0 amide bonds. The van der Waals surface area contributed by atoms with Gasteiger partial charge in [0.05, 0.1) is 23.7 Å². The van der Waals surface area contributed by atoms with Gasteiger partial charge in [-0.15, -0.1) is 11.6 Å². The van der Waals surface area contributed by atoms with E-state index in [0.29, 0.717) is 24.2 Å². The van der Waals surface area contributed by atoms with Crippen molar-refractivity contribution in [3.63, 3.8) is 0 Å². The number of aliphatic imine (C=N–C) groups is 2. The van der Waals surface area contributed by atoms with Crippen LogP contribution >= 0.6 is 11.6 Å². The molecule has 38 heavy (non-hydrogen) atoms. The molecular weight excluding hydrogens is 506 g/mol. The van der Waals surface area contributed by atoms with E-state index in [9.17, 15) is 5.11 Å². The number of hydrogen-bond donors (Lipinski definition) is 5. The van der Waals surface area contributed by atoms with Crippen molar-refractivity contribution in [2.45, 2.75) is 113 Å². The summed E-state index contributed by atoms with van der Waals surface area (Å²) in [5.74, 6) is 2.62. The van der Waals surface area contributed by atoms with Crippen LogP contribution in [0.1, 0.15) is 71.6 Å². The molecule has 0 aromatic carbocycles. The molecule has 4 fully saturated rings. The normalized spacial score (nSPS) is 45.7. The van der Waals surface area contributed by atoms with Crippen LogP contribution in [0.4, 0.5) is 0 Å². The van der Waals surface area contributed by atoms with Gasteiger partial charge in [-0.3, -0.25) is 15.2 Å². The molecule has 4 heterocycles. The average Bonchev–Trinajstić information content (AvgIpc) is 3.70. The van der Waals surface area contributed by atoms with Gasteiger partial charge in [-0.05, 0) is 56.8 Å². The molecule has 8 atom stereocenters. The summed E-state index contributed by atoms with van der Waals surface area (Å²) in [6, 6.07) is 0. The van der Waals surface area contributed by atoms with E-state index in [1.807, 2.05) is 7.11 Å². The van der Waals surface area contributed by atoms with Crippen molar-refractivity contribution in [1.29, 1.82) is 0 Å². The summed E-state index contributed by atoms with van der Waals surface area (Å²) < 4.78 is 12.1. The quantitative estimate of drug-likeness (QED) is 0.306. The molecule has 214 valence electrons. The summed E-state index contributed by atoms with van der Waals surface area (Å²) in [6.45, 7) is 6.28. The minimum atomic E-state index is -1.08. The summed E-state index contributed by atoms with van der Waals surface area (Å²) in [7, 11) is 1.88. The highest BCUT2D eigenvalue weighted by Gasteiger charge is 2.66. The van der Waals surface area contributed by atoms with Crippen LogP contribution in [0.5, 0.6) is 0 Å². The Bertz CT molecular complexity index is 911. The molecule has 4 aliphatic heterocycles. The Morgan fingerprint density at radius 3 is 2.63 bits per heavy atom. The second kappa shape index (κ2) is 10.9. The molecule has 0 aromatic rings. The number of hydrogen-bond acceptors (Lipinski definition) is 10. The minimum Gasteiger partial charge on any atom is -0.375 e. The Morgan fingerprint density at radius 1 is 1.21 bits per heavy atom. The van der Waals surface area contributed by atoms with Crippen molar-refractivity contribution < 1.29 is 14.6 Å². The van der Waals surface area contributed by atoms with E-state index in [1.165, 1.54) is 51.4 Å². The van der Waals surface area contributed by atoms with Gasteiger partial charge in [-0.2, -0.15) is 0 Å². The zero-order valence-corrected chi connectivity index (χ0v) is 23.8. The van der Waals surface area contributed by atoms with Crippen LogP contribution in [0.25, 0.3) is 0 Å². The van der Waals surface area contributed by atoms with Gasteiger partial charge in [-0.1, -0.05) is 32.6 Å². The number of hydrazine groups is 1. The van der Waals surface area contributed by atoms with Gasteiger partial charge >= 0.3 is 0 Å². The predicted molar refractivity (Wildman–Crippen MR) is 147 cm³/mol. The second-order valence-corrected chi connectivity index (χ2v) is 13.3. The van der Waals surface area contributed by atoms with Crippen molar-refractivity contribution in [1.82, 2.24) is 26.4 Å². The molecule has 0 bridgehead atoms. The Morgan fingerprint density at radius 2 is 1.97 bits per heavy atom. The van der Waals surface area contributed by atoms with Crippen molar-refractivity contribution in [3.05, 3.63) is 0 Å². The van der Waals surface area contributed by atoms with Gasteiger partial charge in [0.2, 0.25) is 6.41 Å². The van der Waals surface area contributed by atoms with Gasteiger partial charge in [-0.25, -0.2) is 15.8 Å². The smallest absolute Gasteiger partial charge is 0.228 e. The highest BCUT2D eigenvalue weighted by Crippen LogP contribution is 2.48. The van der Waals surface area contributed by atoms with Crippen molar-refractivity contribution >= 4 is 23.7 Å². The zero-order chi connectivity index (χ0) is 26.5. The monoisotopic (exact) mass is 551 g/mol. The maximum atomic E-state index is 9.94. The van der Waals surface area contributed by atoms with Crippen LogP contribution in [-0.4, -0.2) is 83.9 Å². The molecule has 11 heteroatoms. The van der Waals surface area contributed by atoms with Gasteiger partial charge in [0.1, 0.15) is 17.7 Å². The van der Waals surface area contributed by atoms with Crippen LogP contribution in [0, 0.1) is 23.7 Å². The molecule has 10 nitrogen and oxygen atoms in total. The Balaban J connectivity index is 1.39. The SMILES string of the molecule is COC(C)(C1CCCC1)C1N[C@@H]2N=C(C3NNC(O)O3)NC2(C2C=NCC(Cl)C2)N1CC1CCC(C)CC1. The van der Waals surface area contributed by atoms with E-state index in [4.69, 9.17) is 31.1 Å². The van der Waals surface area contributed by atoms with E-state index < -0.39 is 18.3 Å². The number of nitrogens with zero attached hydrogens (tertiary/aromatic N) is 3. The minimum absolute atomic E-state index is 0.0111. The van der Waals surface area contributed by atoms with Crippen LogP contribution in [0.2, 0.25) is 0 Å². The number of halogens is 1. The number of fused-ring (bicyclic) bond motifs is 1. The number of ether oxygens (including phenoxy) is 2. The number of nitrogens with one attached hydrogen (secondary N) is 4. The maximum Gasteiger partial charge on any atom is 0.228 e. The molecule has 6 aliphatic rings. The Hall–Kier alpha value is -0.850. The molecule has 2 saturated carbocycles. The molecule has 2 aliphatic carbocycles. The lowest BCUT2D eigenvalue weighted by Crippen LogP contribution is -2.69. The topological polar surface area (TPSA) is 115 Å². The fraction of sp³-hybridized carbons (Fsp3) is 0.926. The van der Waals surface area contributed by atoms with E-state index in [-0.39, 0.29) is 29.2 Å². The third-order valence-corrected chi connectivity index (χ3v) is 10.7. The van der Waals surface area contributed by atoms with E-state index in [2.05, 4.69) is 46.4 Å². The van der Waals surface area contributed by atoms with Gasteiger partial charge in [0, 0.05) is 25.8 Å². The van der Waals surface area contributed by atoms with E-state index >= 15 is 0 Å². The lowest BCUT2D eigenvalue weighted by molar-refractivity contribution is -0.122. The highest BCUT2D eigenvalue weighted by atomic mass is 35.5. The number of alkyl halides is 1. The first kappa shape index (κ1) is 27.3. The molecule has 0 spiro atoms. The number of methoxy groups -OCH3 is 1. The average molecular weight is 552 g/mol. The molecule has 2 saturated heterocycles. The second-order valence-electron chi connectivity index (χ2n) is 12.7. The summed E-state index contributed by atoms with van der Waals surface area (Å²) in [4.78, 5) is 12.5. The zero-order valence-electron chi connectivity index (χ0n) is 23.0. The fourth-order valence-corrected chi connectivity index (χ4v) is 8.31. The predicted octanol–water partition coefficient (Wildman–Crippen LogP) is 2.09. The molecule has 5 N–H and O–H groups in total. The van der Waals surface area contributed by atoms with Gasteiger partial charge < -0.3 is 19.9 Å². The number of amidine groups is 1. The summed E-state index contributed by atoms with van der Waals surface area (Å²) in [6.07, 6.45) is 11.0. The first-order chi connectivity index (χ1) is 18.3. The van der Waals surface area contributed by atoms with Crippen LogP contribution in [0.15, 0.2) is 9.98 Å². The fourth-order valence-electron chi connectivity index (χ4n) is 8.04. The third kappa shape index (κ3) is 4.72. The van der Waals surface area contributed by atoms with Crippen molar-refractivity contribution in [2.24, 2.45) is 33.7 Å². The molecule has 7 unspecified atom stereocenters. The first-order valence-corrected chi connectivity index (χ1v) is 15.2. The Labute approximate surface area is 231 Å². The number of rotatable bonds is 7. The van der Waals surface area contributed by atoms with Gasteiger partial charge in [0.15, 0.2) is 6.23 Å². The summed E-state index contributed by atoms with van der Waals surface area (Å²) in [5.41, 5.74) is 4.83. The van der Waals surface area contributed by atoms with E-state index in [1.54, 1.807) is 0 Å². The number of aliphatic hydroxyl groups excluding tert-OH is 1. The number of aliphatic hydroxyl groups is 1. The third-order valence-electron chi connectivity index (χ3n) is 10.4. The van der Waals surface area contributed by atoms with Crippen molar-refractivity contribution in [2.75, 3.05) is 20.2 Å². The van der Waals surface area contributed by atoms with Crippen molar-refractivity contribution in [3.8, 4) is 0 Å². The first-order valence-electron chi connectivity index (χ1n) is 14.8. The van der Waals surface area contributed by atoms with Gasteiger partial charge in [0.25, 0.3) is 0 Å². The van der Waals surface area contributed by atoms with Crippen LogP contribution in [0.3, 0.4) is 0 Å². The summed E-state index contributed by atoms with van der Waals surface area (Å²) >= 11 is 6.75.